The Morgan fingerprint density at radius 3 is 2.68 bits per heavy atom. The van der Waals surface area contributed by atoms with Crippen molar-refractivity contribution in [2.75, 3.05) is 6.54 Å². The molecule has 1 atom stereocenters. The molecule has 7 heteroatoms. The number of rotatable bonds is 5. The molecule has 132 valence electrons. The number of carbonyl (C=O) groups is 1. The highest BCUT2D eigenvalue weighted by molar-refractivity contribution is 7.89. The first-order valence-corrected chi connectivity index (χ1v) is 9.68. The van der Waals surface area contributed by atoms with Crippen LogP contribution < -0.4 is 5.32 Å². The molecule has 1 amide bonds. The highest BCUT2D eigenvalue weighted by Crippen LogP contribution is 2.26. The Bertz CT molecular complexity index is 836. The molecule has 1 saturated heterocycles. The van der Waals surface area contributed by atoms with Crippen molar-refractivity contribution in [1.29, 1.82) is 0 Å². The quantitative estimate of drug-likeness (QED) is 0.884. The lowest BCUT2D eigenvalue weighted by molar-refractivity contribution is -0.124. The molecule has 0 bridgehead atoms. The Labute approximate surface area is 147 Å². The van der Waals surface area contributed by atoms with E-state index in [1.54, 1.807) is 36.5 Å². The summed E-state index contributed by atoms with van der Waals surface area (Å²) in [6.45, 7) is 2.55. The van der Waals surface area contributed by atoms with Crippen LogP contribution in [0.4, 0.5) is 0 Å². The fourth-order valence-electron chi connectivity index (χ4n) is 2.93. The molecule has 1 N–H and O–H groups in total. The molecule has 6 nitrogen and oxygen atoms in total. The number of pyridine rings is 1. The molecule has 1 aliphatic heterocycles. The molecule has 0 spiro atoms. The zero-order chi connectivity index (χ0) is 17.9. The molecule has 1 aliphatic rings. The monoisotopic (exact) mass is 359 g/mol. The van der Waals surface area contributed by atoms with Gasteiger partial charge in [-0.05, 0) is 44.0 Å². The summed E-state index contributed by atoms with van der Waals surface area (Å²) < 4.78 is 27.0. The van der Waals surface area contributed by atoms with Gasteiger partial charge in [0.2, 0.25) is 15.9 Å². The molecule has 2 heterocycles. The number of aromatic nitrogens is 1. The van der Waals surface area contributed by atoms with E-state index in [1.807, 2.05) is 19.1 Å². The minimum absolute atomic E-state index is 0.225. The Morgan fingerprint density at radius 2 is 2.00 bits per heavy atom. The van der Waals surface area contributed by atoms with Crippen LogP contribution in [0.25, 0.3) is 0 Å². The van der Waals surface area contributed by atoms with E-state index >= 15 is 0 Å². The van der Waals surface area contributed by atoms with Gasteiger partial charge in [0.05, 0.1) is 17.1 Å². The molecular weight excluding hydrogens is 338 g/mol. The van der Waals surface area contributed by atoms with E-state index in [2.05, 4.69) is 10.3 Å². The molecule has 25 heavy (non-hydrogen) atoms. The lowest BCUT2D eigenvalue weighted by atomic mass is 10.2. The number of nitrogens with one attached hydrogen (secondary N) is 1. The molecular formula is C18H21N3O3S. The van der Waals surface area contributed by atoms with Gasteiger partial charge in [0.25, 0.3) is 0 Å². The summed E-state index contributed by atoms with van der Waals surface area (Å²) >= 11 is 0. The van der Waals surface area contributed by atoms with Crippen molar-refractivity contribution in [3.8, 4) is 0 Å². The van der Waals surface area contributed by atoms with E-state index < -0.39 is 16.1 Å². The van der Waals surface area contributed by atoms with E-state index in [0.29, 0.717) is 19.4 Å². The number of hydrogen-bond acceptors (Lipinski definition) is 4. The number of hydrogen-bond donors (Lipinski definition) is 1. The fraction of sp³-hybridized carbons (Fsp3) is 0.333. The van der Waals surface area contributed by atoms with Gasteiger partial charge in [-0.3, -0.25) is 9.78 Å². The van der Waals surface area contributed by atoms with Crippen LogP contribution in [-0.2, 0) is 21.4 Å². The van der Waals surface area contributed by atoms with Crippen LogP contribution in [0.15, 0.2) is 53.6 Å². The van der Waals surface area contributed by atoms with Crippen LogP contribution in [-0.4, -0.2) is 36.2 Å². The minimum Gasteiger partial charge on any atom is -0.349 e. The van der Waals surface area contributed by atoms with Crippen molar-refractivity contribution in [2.24, 2.45) is 0 Å². The second kappa shape index (κ2) is 7.33. The molecule has 2 aromatic rings. The smallest absolute Gasteiger partial charge is 0.243 e. The molecule has 1 fully saturated rings. The van der Waals surface area contributed by atoms with E-state index in [4.69, 9.17) is 0 Å². The number of carbonyl (C=O) groups excluding carboxylic acids is 1. The Morgan fingerprint density at radius 1 is 1.24 bits per heavy atom. The molecule has 3 rings (SSSR count). The summed E-state index contributed by atoms with van der Waals surface area (Å²) in [6.07, 6.45) is 2.86. The van der Waals surface area contributed by atoms with Gasteiger partial charge in [-0.1, -0.05) is 23.8 Å². The van der Waals surface area contributed by atoms with Crippen molar-refractivity contribution in [1.82, 2.24) is 14.6 Å². The highest BCUT2D eigenvalue weighted by Gasteiger charge is 2.39. The first-order chi connectivity index (χ1) is 12.0. The molecule has 0 radical (unpaired) electrons. The first-order valence-electron chi connectivity index (χ1n) is 8.24. The first kappa shape index (κ1) is 17.6. The van der Waals surface area contributed by atoms with Gasteiger partial charge in [0, 0.05) is 12.7 Å². The Kier molecular flexibility index (Phi) is 5.15. The number of benzene rings is 1. The predicted octanol–water partition coefficient (Wildman–Crippen LogP) is 1.86. The lowest BCUT2D eigenvalue weighted by Gasteiger charge is -2.23. The topological polar surface area (TPSA) is 79.4 Å². The number of aryl methyl sites for hydroxylation is 1. The summed E-state index contributed by atoms with van der Waals surface area (Å²) in [7, 11) is -3.68. The average molecular weight is 359 g/mol. The minimum atomic E-state index is -3.68. The predicted molar refractivity (Wildman–Crippen MR) is 94.2 cm³/mol. The fourth-order valence-corrected chi connectivity index (χ4v) is 4.59. The summed E-state index contributed by atoms with van der Waals surface area (Å²) in [6, 6.07) is 11.5. The third-order valence-electron chi connectivity index (χ3n) is 4.30. The van der Waals surface area contributed by atoms with Crippen LogP contribution >= 0.6 is 0 Å². The van der Waals surface area contributed by atoms with Gasteiger partial charge in [-0.25, -0.2) is 8.42 Å². The maximum absolute atomic E-state index is 12.9. The maximum Gasteiger partial charge on any atom is 0.243 e. The highest BCUT2D eigenvalue weighted by atomic mass is 32.2. The van der Waals surface area contributed by atoms with Crippen LogP contribution in [0, 0.1) is 6.92 Å². The van der Waals surface area contributed by atoms with Crippen molar-refractivity contribution in [3.05, 3.63) is 59.9 Å². The van der Waals surface area contributed by atoms with Gasteiger partial charge in [0.1, 0.15) is 6.04 Å². The standard InChI is InChI=1S/C18H21N3O3S/c1-14-7-9-16(10-8-14)25(23,24)21-12-4-6-17(21)18(22)20-13-15-5-2-3-11-19-15/h2-3,5,7-11,17H,4,6,12-13H2,1H3,(H,20,22)/t17-/m1/s1. The zero-order valence-corrected chi connectivity index (χ0v) is 14.9. The largest absolute Gasteiger partial charge is 0.349 e. The van der Waals surface area contributed by atoms with Crippen LogP contribution in [0.3, 0.4) is 0 Å². The normalized spacial score (nSPS) is 18.2. The Balaban J connectivity index is 1.73. The maximum atomic E-state index is 12.9. The van der Waals surface area contributed by atoms with E-state index in [9.17, 15) is 13.2 Å². The molecule has 0 aliphatic carbocycles. The SMILES string of the molecule is Cc1ccc(S(=O)(=O)N2CCC[C@@H]2C(=O)NCc2ccccn2)cc1. The second-order valence-corrected chi connectivity index (χ2v) is 8.02. The molecule has 1 aromatic heterocycles. The number of amides is 1. The zero-order valence-electron chi connectivity index (χ0n) is 14.1. The second-order valence-electron chi connectivity index (χ2n) is 6.13. The van der Waals surface area contributed by atoms with Crippen LogP contribution in [0.1, 0.15) is 24.1 Å². The van der Waals surface area contributed by atoms with Crippen molar-refractivity contribution in [2.45, 2.75) is 37.2 Å². The van der Waals surface area contributed by atoms with Gasteiger partial charge >= 0.3 is 0 Å². The van der Waals surface area contributed by atoms with E-state index in [-0.39, 0.29) is 17.3 Å². The van der Waals surface area contributed by atoms with Gasteiger partial charge in [-0.2, -0.15) is 4.31 Å². The van der Waals surface area contributed by atoms with Crippen LogP contribution in [0.2, 0.25) is 0 Å². The third kappa shape index (κ3) is 3.88. The summed E-state index contributed by atoms with van der Waals surface area (Å²) in [5.41, 5.74) is 1.73. The van der Waals surface area contributed by atoms with Gasteiger partial charge < -0.3 is 5.32 Å². The van der Waals surface area contributed by atoms with Gasteiger partial charge in [-0.15, -0.1) is 0 Å². The third-order valence-corrected chi connectivity index (χ3v) is 6.23. The van der Waals surface area contributed by atoms with Crippen molar-refractivity contribution < 1.29 is 13.2 Å². The van der Waals surface area contributed by atoms with Crippen molar-refractivity contribution >= 4 is 15.9 Å². The molecule has 0 saturated carbocycles. The molecule has 1 aromatic carbocycles. The Hall–Kier alpha value is -2.25. The van der Waals surface area contributed by atoms with Crippen LogP contribution in [0.5, 0.6) is 0 Å². The van der Waals surface area contributed by atoms with E-state index in [0.717, 1.165) is 11.3 Å². The van der Waals surface area contributed by atoms with Gasteiger partial charge in [0.15, 0.2) is 0 Å². The molecule has 0 unspecified atom stereocenters. The summed E-state index contributed by atoms with van der Waals surface area (Å²) in [5.74, 6) is -0.279. The number of sulfonamides is 1. The lowest BCUT2D eigenvalue weighted by Crippen LogP contribution is -2.45. The summed E-state index contributed by atoms with van der Waals surface area (Å²) in [5, 5.41) is 2.80. The summed E-state index contributed by atoms with van der Waals surface area (Å²) in [4.78, 5) is 16.9. The van der Waals surface area contributed by atoms with Crippen molar-refractivity contribution in [3.63, 3.8) is 0 Å². The average Bonchev–Trinajstić information content (AvgIpc) is 3.12. The van der Waals surface area contributed by atoms with E-state index in [1.165, 1.54) is 4.31 Å². The number of nitrogens with zero attached hydrogens (tertiary/aromatic N) is 2.